The normalized spacial score (nSPS) is 18.0. The van der Waals surface area contributed by atoms with Gasteiger partial charge in [0.15, 0.2) is 0 Å². The summed E-state index contributed by atoms with van der Waals surface area (Å²) in [5, 5.41) is 0. The summed E-state index contributed by atoms with van der Waals surface area (Å²) in [6, 6.07) is 5.39. The fourth-order valence-corrected chi connectivity index (χ4v) is 2.54. The minimum atomic E-state index is -4.71. The van der Waals surface area contributed by atoms with Gasteiger partial charge in [-0.05, 0) is 31.0 Å². The van der Waals surface area contributed by atoms with Gasteiger partial charge in [-0.15, -0.1) is 13.2 Å². The van der Waals surface area contributed by atoms with Crippen LogP contribution in [0.25, 0.3) is 0 Å². The van der Waals surface area contributed by atoms with Crippen molar-refractivity contribution in [3.63, 3.8) is 0 Å². The molecule has 1 atom stereocenters. The third-order valence-electron chi connectivity index (χ3n) is 3.75. The zero-order valence-corrected chi connectivity index (χ0v) is 12.9. The van der Waals surface area contributed by atoms with Crippen LogP contribution in [0.5, 0.6) is 5.75 Å². The number of ether oxygens (including phenoxy) is 2. The molecular weight excluding hydrogens is 311 g/mol. The second-order valence-electron chi connectivity index (χ2n) is 5.53. The van der Waals surface area contributed by atoms with Crippen LogP contribution < -0.4 is 4.74 Å². The second-order valence-corrected chi connectivity index (χ2v) is 5.53. The molecule has 0 aliphatic carbocycles. The van der Waals surface area contributed by atoms with Gasteiger partial charge in [-0.25, -0.2) is 0 Å². The molecule has 0 N–H and O–H groups in total. The third kappa shape index (κ3) is 5.74. The van der Waals surface area contributed by atoms with Gasteiger partial charge in [0.1, 0.15) is 5.75 Å². The molecule has 1 fully saturated rings. The van der Waals surface area contributed by atoms with Gasteiger partial charge < -0.3 is 14.4 Å². The molecule has 0 spiro atoms. The quantitative estimate of drug-likeness (QED) is 0.804. The molecule has 1 heterocycles. The molecule has 1 aliphatic rings. The number of rotatable bonds is 6. The molecule has 0 saturated carbocycles. The summed E-state index contributed by atoms with van der Waals surface area (Å²) in [5.41, 5.74) is 0.658. The number of nitrogens with zero attached hydrogens (tertiary/aromatic N) is 1. The zero-order valence-electron chi connectivity index (χ0n) is 12.9. The van der Waals surface area contributed by atoms with Crippen molar-refractivity contribution in [1.29, 1.82) is 0 Å². The highest BCUT2D eigenvalue weighted by atomic mass is 19.4. The van der Waals surface area contributed by atoms with Gasteiger partial charge in [-0.3, -0.25) is 4.79 Å². The average molecular weight is 331 g/mol. The van der Waals surface area contributed by atoms with E-state index in [1.807, 2.05) is 6.92 Å². The van der Waals surface area contributed by atoms with Crippen molar-refractivity contribution in [1.82, 2.24) is 4.90 Å². The number of likely N-dealkylation sites (N-methyl/N-ethyl adjacent to an activating group) is 1. The Balaban J connectivity index is 1.90. The molecule has 0 bridgehead atoms. The molecule has 128 valence electrons. The van der Waals surface area contributed by atoms with Crippen molar-refractivity contribution < 1.29 is 27.4 Å². The first kappa shape index (κ1) is 17.6. The number of amides is 1. The smallest absolute Gasteiger partial charge is 0.406 e. The van der Waals surface area contributed by atoms with E-state index in [0.717, 1.165) is 13.0 Å². The van der Waals surface area contributed by atoms with E-state index in [1.54, 1.807) is 4.90 Å². The summed E-state index contributed by atoms with van der Waals surface area (Å²) in [4.78, 5) is 14.1. The lowest BCUT2D eigenvalue weighted by Crippen LogP contribution is -2.36. The second kappa shape index (κ2) is 7.68. The molecule has 1 aromatic rings. The molecule has 2 rings (SSSR count). The highest BCUT2D eigenvalue weighted by Gasteiger charge is 2.31. The Kier molecular flexibility index (Phi) is 5.87. The van der Waals surface area contributed by atoms with Crippen LogP contribution in [0.15, 0.2) is 24.3 Å². The Labute approximate surface area is 133 Å². The summed E-state index contributed by atoms with van der Waals surface area (Å²) < 4.78 is 45.4. The summed E-state index contributed by atoms with van der Waals surface area (Å²) in [7, 11) is 0. The van der Waals surface area contributed by atoms with Crippen molar-refractivity contribution in [3.05, 3.63) is 29.8 Å². The monoisotopic (exact) mass is 331 g/mol. The number of halogens is 3. The summed E-state index contributed by atoms with van der Waals surface area (Å²) in [6.45, 7) is 4.58. The Morgan fingerprint density at radius 1 is 1.35 bits per heavy atom. The predicted molar refractivity (Wildman–Crippen MR) is 78.0 cm³/mol. The lowest BCUT2D eigenvalue weighted by atomic mass is 10.1. The first-order valence-corrected chi connectivity index (χ1v) is 7.57. The maximum Gasteiger partial charge on any atom is 0.573 e. The topological polar surface area (TPSA) is 38.8 Å². The fourth-order valence-electron chi connectivity index (χ4n) is 2.54. The molecule has 1 aromatic carbocycles. The van der Waals surface area contributed by atoms with Crippen LogP contribution in [0, 0.1) is 5.92 Å². The maximum absolute atomic E-state index is 12.3. The van der Waals surface area contributed by atoms with Crippen LogP contribution in [0.2, 0.25) is 0 Å². The van der Waals surface area contributed by atoms with Crippen molar-refractivity contribution in [2.75, 3.05) is 26.3 Å². The number of hydrogen-bond donors (Lipinski definition) is 0. The lowest BCUT2D eigenvalue weighted by Gasteiger charge is -2.24. The Hall–Kier alpha value is -1.76. The Morgan fingerprint density at radius 2 is 2.04 bits per heavy atom. The Morgan fingerprint density at radius 3 is 2.57 bits per heavy atom. The lowest BCUT2D eigenvalue weighted by molar-refractivity contribution is -0.274. The van der Waals surface area contributed by atoms with Gasteiger partial charge in [-0.2, -0.15) is 0 Å². The molecule has 4 nitrogen and oxygen atoms in total. The minimum absolute atomic E-state index is 0.0381. The molecular formula is C16H20F3NO3. The van der Waals surface area contributed by atoms with Crippen LogP contribution in [0.1, 0.15) is 18.9 Å². The number of hydrogen-bond acceptors (Lipinski definition) is 3. The summed E-state index contributed by atoms with van der Waals surface area (Å²) >= 11 is 0. The van der Waals surface area contributed by atoms with Crippen molar-refractivity contribution in [2.45, 2.75) is 26.1 Å². The molecule has 0 aromatic heterocycles. The van der Waals surface area contributed by atoms with Crippen molar-refractivity contribution in [3.8, 4) is 5.75 Å². The van der Waals surface area contributed by atoms with Gasteiger partial charge in [0.25, 0.3) is 0 Å². The number of alkyl halides is 3. The first-order chi connectivity index (χ1) is 10.9. The van der Waals surface area contributed by atoms with E-state index in [9.17, 15) is 18.0 Å². The molecule has 1 saturated heterocycles. The van der Waals surface area contributed by atoms with Crippen molar-refractivity contribution in [2.24, 2.45) is 5.92 Å². The maximum atomic E-state index is 12.3. The molecule has 1 amide bonds. The van der Waals surface area contributed by atoms with Crippen LogP contribution in [-0.4, -0.2) is 43.5 Å². The van der Waals surface area contributed by atoms with Crippen molar-refractivity contribution >= 4 is 5.91 Å². The van der Waals surface area contributed by atoms with E-state index in [1.165, 1.54) is 24.3 Å². The van der Waals surface area contributed by atoms with Crippen LogP contribution in [-0.2, 0) is 16.0 Å². The van der Waals surface area contributed by atoms with E-state index >= 15 is 0 Å². The van der Waals surface area contributed by atoms with Gasteiger partial charge in [0.2, 0.25) is 5.91 Å². The van der Waals surface area contributed by atoms with Gasteiger partial charge in [-0.1, -0.05) is 12.1 Å². The van der Waals surface area contributed by atoms with E-state index < -0.39 is 6.36 Å². The van der Waals surface area contributed by atoms with Gasteiger partial charge in [0.05, 0.1) is 13.0 Å². The van der Waals surface area contributed by atoms with Crippen LogP contribution in [0.4, 0.5) is 13.2 Å². The molecule has 0 radical (unpaired) electrons. The molecule has 1 aliphatic heterocycles. The van der Waals surface area contributed by atoms with E-state index in [4.69, 9.17) is 4.74 Å². The molecule has 1 unspecified atom stereocenters. The highest BCUT2D eigenvalue weighted by molar-refractivity contribution is 5.78. The summed E-state index contributed by atoms with van der Waals surface area (Å²) in [6.07, 6.45) is -3.60. The van der Waals surface area contributed by atoms with E-state index in [0.29, 0.717) is 31.2 Å². The molecule has 7 heteroatoms. The number of benzene rings is 1. The Bertz CT molecular complexity index is 510. The standard InChI is InChI=1S/C16H20F3NO3/c1-2-20(10-13-7-8-22-11-13)15(21)9-12-3-5-14(6-4-12)23-16(17,18)19/h3-6,13H,2,7-11H2,1H3. The first-order valence-electron chi connectivity index (χ1n) is 7.57. The largest absolute Gasteiger partial charge is 0.573 e. The van der Waals surface area contributed by atoms with Gasteiger partial charge >= 0.3 is 6.36 Å². The van der Waals surface area contributed by atoms with E-state index in [2.05, 4.69) is 4.74 Å². The fraction of sp³-hybridized carbons (Fsp3) is 0.562. The number of carbonyl (C=O) groups excluding carboxylic acids is 1. The van der Waals surface area contributed by atoms with Gasteiger partial charge in [0, 0.05) is 25.6 Å². The summed E-state index contributed by atoms with van der Waals surface area (Å²) in [5.74, 6) is 0.0366. The van der Waals surface area contributed by atoms with Crippen LogP contribution in [0.3, 0.4) is 0 Å². The highest BCUT2D eigenvalue weighted by Crippen LogP contribution is 2.23. The minimum Gasteiger partial charge on any atom is -0.406 e. The average Bonchev–Trinajstić information content (AvgIpc) is 2.98. The predicted octanol–water partition coefficient (Wildman–Crippen LogP) is 3.01. The SMILES string of the molecule is CCN(CC1CCOC1)C(=O)Cc1ccc(OC(F)(F)F)cc1. The zero-order chi connectivity index (χ0) is 16.9. The van der Waals surface area contributed by atoms with E-state index in [-0.39, 0.29) is 18.1 Å². The molecule has 23 heavy (non-hydrogen) atoms. The number of carbonyl (C=O) groups is 1. The van der Waals surface area contributed by atoms with Crippen LogP contribution >= 0.6 is 0 Å². The third-order valence-corrected chi connectivity index (χ3v) is 3.75.